The second kappa shape index (κ2) is 5.29. The van der Waals surface area contributed by atoms with Crippen molar-refractivity contribution in [2.24, 2.45) is 17.8 Å². The van der Waals surface area contributed by atoms with Gasteiger partial charge in [-0.05, 0) is 57.3 Å². The molecule has 2 heteroatoms. The van der Waals surface area contributed by atoms with Gasteiger partial charge in [-0.1, -0.05) is 24.1 Å². The van der Waals surface area contributed by atoms with Crippen molar-refractivity contribution >= 4 is 5.97 Å². The Kier molecular flexibility index (Phi) is 3.94. The first-order valence-corrected chi connectivity index (χ1v) is 7.00. The Bertz CT molecular complexity index is 403. The van der Waals surface area contributed by atoms with Crippen molar-refractivity contribution in [3.63, 3.8) is 0 Å². The third-order valence-electron chi connectivity index (χ3n) is 4.70. The maximum Gasteiger partial charge on any atom is 0.333 e. The van der Waals surface area contributed by atoms with Crippen molar-refractivity contribution in [1.29, 1.82) is 0 Å². The van der Waals surface area contributed by atoms with Gasteiger partial charge in [0.05, 0.1) is 7.11 Å². The van der Waals surface area contributed by atoms with Crippen LogP contribution in [0.4, 0.5) is 0 Å². The van der Waals surface area contributed by atoms with E-state index in [9.17, 15) is 4.79 Å². The van der Waals surface area contributed by atoms with Crippen molar-refractivity contribution in [2.75, 3.05) is 7.11 Å². The molecule has 2 unspecified atom stereocenters. The van der Waals surface area contributed by atoms with Gasteiger partial charge in [0, 0.05) is 5.57 Å². The molecule has 2 rings (SSSR count). The van der Waals surface area contributed by atoms with Crippen LogP contribution in [0, 0.1) is 17.8 Å². The molecular formula is C16H24O2. The first-order chi connectivity index (χ1) is 8.54. The predicted octanol–water partition coefficient (Wildman–Crippen LogP) is 3.88. The topological polar surface area (TPSA) is 26.3 Å². The summed E-state index contributed by atoms with van der Waals surface area (Å²) in [7, 11) is 1.45. The van der Waals surface area contributed by atoms with E-state index in [1.165, 1.54) is 32.8 Å². The molecule has 0 heterocycles. The van der Waals surface area contributed by atoms with Gasteiger partial charge in [-0.3, -0.25) is 0 Å². The Morgan fingerprint density at radius 2 is 2.06 bits per heavy atom. The molecule has 1 fully saturated rings. The normalized spacial score (nSPS) is 32.4. The molecule has 0 spiro atoms. The Morgan fingerprint density at radius 3 is 2.72 bits per heavy atom. The van der Waals surface area contributed by atoms with Crippen molar-refractivity contribution in [1.82, 2.24) is 0 Å². The molecule has 0 aliphatic heterocycles. The molecule has 2 aliphatic carbocycles. The number of carbonyl (C=O) groups excluding carboxylic acids is 1. The second-order valence-corrected chi connectivity index (χ2v) is 5.88. The van der Waals surface area contributed by atoms with Crippen LogP contribution in [0.2, 0.25) is 0 Å². The predicted molar refractivity (Wildman–Crippen MR) is 73.1 cm³/mol. The monoisotopic (exact) mass is 248 g/mol. The van der Waals surface area contributed by atoms with Crippen LogP contribution in [0.5, 0.6) is 0 Å². The van der Waals surface area contributed by atoms with E-state index < -0.39 is 0 Å². The fourth-order valence-electron chi connectivity index (χ4n) is 3.67. The van der Waals surface area contributed by atoms with Crippen LogP contribution in [-0.2, 0) is 9.53 Å². The van der Waals surface area contributed by atoms with Crippen LogP contribution in [0.3, 0.4) is 0 Å². The van der Waals surface area contributed by atoms with E-state index in [-0.39, 0.29) is 5.97 Å². The van der Waals surface area contributed by atoms with Crippen LogP contribution in [-0.4, -0.2) is 13.1 Å². The average molecular weight is 248 g/mol. The van der Waals surface area contributed by atoms with Crippen molar-refractivity contribution < 1.29 is 9.53 Å². The first kappa shape index (κ1) is 13.4. The number of rotatable bonds is 2. The lowest BCUT2D eigenvalue weighted by molar-refractivity contribution is -0.136. The number of esters is 1. The number of carbonyl (C=O) groups is 1. The molecule has 0 aromatic carbocycles. The minimum atomic E-state index is -0.193. The van der Waals surface area contributed by atoms with E-state index in [0.717, 1.165) is 17.4 Å². The standard InChI is InChI=1S/C16H24O2/c1-10-5-7-13(9-12(3)16(17)18-4)15-11(2)6-8-14(10)15/h9-10,13-14H,5-8H2,1-4H3/t10?,13-,14?/m0/s1. The van der Waals surface area contributed by atoms with Crippen LogP contribution in [0.25, 0.3) is 0 Å². The molecule has 0 saturated heterocycles. The molecule has 18 heavy (non-hydrogen) atoms. The molecule has 2 nitrogen and oxygen atoms in total. The minimum Gasteiger partial charge on any atom is -0.466 e. The molecular weight excluding hydrogens is 224 g/mol. The van der Waals surface area contributed by atoms with Crippen molar-refractivity contribution in [2.45, 2.75) is 46.5 Å². The molecule has 0 aromatic heterocycles. The number of fused-ring (bicyclic) bond motifs is 1. The van der Waals surface area contributed by atoms with Gasteiger partial charge >= 0.3 is 5.97 Å². The number of ether oxygens (including phenoxy) is 1. The summed E-state index contributed by atoms with van der Waals surface area (Å²) >= 11 is 0. The summed E-state index contributed by atoms with van der Waals surface area (Å²) in [6.07, 6.45) is 7.14. The molecule has 0 N–H and O–H groups in total. The highest BCUT2D eigenvalue weighted by Gasteiger charge is 2.36. The molecule has 0 aromatic rings. The van der Waals surface area contributed by atoms with E-state index in [1.807, 2.05) is 6.92 Å². The number of allylic oxidation sites excluding steroid dienone is 3. The highest BCUT2D eigenvalue weighted by Crippen LogP contribution is 2.48. The van der Waals surface area contributed by atoms with Crippen LogP contribution < -0.4 is 0 Å². The largest absolute Gasteiger partial charge is 0.466 e. The van der Waals surface area contributed by atoms with Crippen LogP contribution in [0.15, 0.2) is 22.8 Å². The Labute approximate surface area is 110 Å². The molecule has 0 amide bonds. The molecule has 3 atom stereocenters. The fraction of sp³-hybridized carbons (Fsp3) is 0.688. The van der Waals surface area contributed by atoms with E-state index >= 15 is 0 Å². The lowest BCUT2D eigenvalue weighted by Gasteiger charge is -2.34. The van der Waals surface area contributed by atoms with Gasteiger partial charge in [-0.15, -0.1) is 0 Å². The zero-order valence-corrected chi connectivity index (χ0v) is 12.0. The van der Waals surface area contributed by atoms with Gasteiger partial charge in [-0.25, -0.2) is 4.79 Å². The Balaban J connectivity index is 2.24. The van der Waals surface area contributed by atoms with E-state index in [0.29, 0.717) is 5.92 Å². The van der Waals surface area contributed by atoms with Gasteiger partial charge in [0.2, 0.25) is 0 Å². The average Bonchev–Trinajstić information content (AvgIpc) is 2.75. The smallest absolute Gasteiger partial charge is 0.333 e. The van der Waals surface area contributed by atoms with Crippen LogP contribution >= 0.6 is 0 Å². The molecule has 0 bridgehead atoms. The van der Waals surface area contributed by atoms with Gasteiger partial charge < -0.3 is 4.74 Å². The quantitative estimate of drug-likeness (QED) is 0.421. The number of hydrogen-bond donors (Lipinski definition) is 0. The zero-order chi connectivity index (χ0) is 13.3. The SMILES string of the molecule is COC(=O)C(C)=C[C@@H]1CCC(C)C2CCC(C)=C21. The molecule has 100 valence electrons. The fourth-order valence-corrected chi connectivity index (χ4v) is 3.67. The Hall–Kier alpha value is -1.05. The Morgan fingerprint density at radius 1 is 1.33 bits per heavy atom. The zero-order valence-electron chi connectivity index (χ0n) is 12.0. The summed E-state index contributed by atoms with van der Waals surface area (Å²) in [5.74, 6) is 1.83. The summed E-state index contributed by atoms with van der Waals surface area (Å²) in [5.41, 5.74) is 3.94. The third kappa shape index (κ3) is 2.38. The summed E-state index contributed by atoms with van der Waals surface area (Å²) < 4.78 is 4.79. The first-order valence-electron chi connectivity index (χ1n) is 7.00. The maximum atomic E-state index is 11.5. The molecule has 2 aliphatic rings. The number of methoxy groups -OCH3 is 1. The van der Waals surface area contributed by atoms with Crippen LogP contribution in [0.1, 0.15) is 46.5 Å². The summed E-state index contributed by atoms with van der Waals surface area (Å²) in [5, 5.41) is 0. The van der Waals surface area contributed by atoms with Gasteiger partial charge in [-0.2, -0.15) is 0 Å². The highest BCUT2D eigenvalue weighted by molar-refractivity contribution is 5.87. The van der Waals surface area contributed by atoms with Crippen molar-refractivity contribution in [3.8, 4) is 0 Å². The van der Waals surface area contributed by atoms with Gasteiger partial charge in [0.1, 0.15) is 0 Å². The second-order valence-electron chi connectivity index (χ2n) is 5.88. The van der Waals surface area contributed by atoms with Gasteiger partial charge in [0.15, 0.2) is 0 Å². The summed E-state index contributed by atoms with van der Waals surface area (Å²) in [4.78, 5) is 11.5. The minimum absolute atomic E-state index is 0.193. The summed E-state index contributed by atoms with van der Waals surface area (Å²) in [6, 6.07) is 0. The van der Waals surface area contributed by atoms with Gasteiger partial charge in [0.25, 0.3) is 0 Å². The van der Waals surface area contributed by atoms with E-state index in [2.05, 4.69) is 19.9 Å². The molecule has 1 saturated carbocycles. The molecule has 0 radical (unpaired) electrons. The number of hydrogen-bond acceptors (Lipinski definition) is 2. The highest BCUT2D eigenvalue weighted by atomic mass is 16.5. The van der Waals surface area contributed by atoms with E-state index in [4.69, 9.17) is 4.74 Å². The third-order valence-corrected chi connectivity index (χ3v) is 4.70. The lowest BCUT2D eigenvalue weighted by Crippen LogP contribution is -2.23. The summed E-state index contributed by atoms with van der Waals surface area (Å²) in [6.45, 7) is 6.50. The maximum absolute atomic E-state index is 11.5. The van der Waals surface area contributed by atoms with Crippen molar-refractivity contribution in [3.05, 3.63) is 22.8 Å². The lowest BCUT2D eigenvalue weighted by atomic mass is 9.71. The van der Waals surface area contributed by atoms with E-state index in [1.54, 1.807) is 11.1 Å².